The Morgan fingerprint density at radius 3 is 1.61 bits per heavy atom. The number of aromatic nitrogens is 4. The van der Waals surface area contributed by atoms with Crippen molar-refractivity contribution >= 4 is 65.3 Å². The summed E-state index contributed by atoms with van der Waals surface area (Å²) in [7, 11) is 0. The Hall–Kier alpha value is -8.60. The highest BCUT2D eigenvalue weighted by Gasteiger charge is 2.20. The van der Waals surface area contributed by atoms with Gasteiger partial charge in [0.25, 0.3) is 0 Å². The smallest absolute Gasteiger partial charge is 0.235 e. The van der Waals surface area contributed by atoms with E-state index in [1.807, 2.05) is 0 Å². The van der Waals surface area contributed by atoms with Crippen LogP contribution in [-0.2, 0) is 0 Å². The molecule has 0 bridgehead atoms. The van der Waals surface area contributed by atoms with Crippen molar-refractivity contribution in [1.82, 2.24) is 19.1 Å². The van der Waals surface area contributed by atoms with Crippen LogP contribution in [-0.4, -0.2) is 19.1 Å². The molecule has 0 aliphatic rings. The molecule has 0 aliphatic heterocycles. The van der Waals surface area contributed by atoms with E-state index in [2.05, 4.69) is 241 Å². The second-order valence-corrected chi connectivity index (χ2v) is 17.5. The Morgan fingerprint density at radius 1 is 0.333 bits per heavy atom. The minimum absolute atomic E-state index is 0.650. The van der Waals surface area contributed by atoms with E-state index in [0.717, 1.165) is 55.2 Å². The highest BCUT2D eigenvalue weighted by atomic mass is 15.2. The first-order chi connectivity index (χ1) is 32.6. The largest absolute Gasteiger partial charge is 0.309 e. The maximum Gasteiger partial charge on any atom is 0.235 e. The summed E-state index contributed by atoms with van der Waals surface area (Å²) >= 11 is 0. The Bertz CT molecular complexity index is 4050. The lowest BCUT2D eigenvalue weighted by Gasteiger charge is -2.14. The van der Waals surface area contributed by atoms with Crippen molar-refractivity contribution in [2.24, 2.45) is 0 Å². The molecular weight excluding hydrogens is 801 g/mol. The first-order valence-electron chi connectivity index (χ1n) is 22.7. The van der Waals surface area contributed by atoms with Crippen molar-refractivity contribution in [3.8, 4) is 56.3 Å². The van der Waals surface area contributed by atoms with Gasteiger partial charge in [0.1, 0.15) is 0 Å². The van der Waals surface area contributed by atoms with E-state index in [9.17, 15) is 0 Å². The van der Waals surface area contributed by atoms with Crippen LogP contribution in [0.1, 0.15) is 11.1 Å². The first kappa shape index (κ1) is 37.9. The maximum absolute atomic E-state index is 5.44. The molecule has 0 fully saturated rings. The molecular formula is C62H42N4. The quantitative estimate of drug-likeness (QED) is 0.167. The van der Waals surface area contributed by atoms with Crippen LogP contribution in [0.5, 0.6) is 0 Å². The molecule has 3 aromatic heterocycles. The molecule has 0 spiro atoms. The Kier molecular flexibility index (Phi) is 8.62. The average Bonchev–Trinajstić information content (AvgIpc) is 3.90. The predicted octanol–water partition coefficient (Wildman–Crippen LogP) is 16.3. The van der Waals surface area contributed by atoms with Crippen LogP contribution in [0.2, 0.25) is 0 Å². The molecule has 0 unspecified atom stereocenters. The number of nitrogens with zero attached hydrogens (tertiary/aromatic N) is 4. The molecule has 4 heteroatoms. The lowest BCUT2D eigenvalue weighted by atomic mass is 9.91. The molecule has 0 amide bonds. The highest BCUT2D eigenvalue weighted by molar-refractivity contribution is 6.22. The van der Waals surface area contributed by atoms with E-state index in [4.69, 9.17) is 9.97 Å². The van der Waals surface area contributed by atoms with E-state index < -0.39 is 0 Å². The lowest BCUT2D eigenvalue weighted by Crippen LogP contribution is -2.03. The third-order valence-corrected chi connectivity index (χ3v) is 13.6. The lowest BCUT2D eigenvalue weighted by molar-refractivity contribution is 1.01. The zero-order valence-electron chi connectivity index (χ0n) is 36.6. The van der Waals surface area contributed by atoms with Crippen molar-refractivity contribution < 1.29 is 0 Å². The van der Waals surface area contributed by atoms with Gasteiger partial charge in [0.15, 0.2) is 0 Å². The molecule has 0 saturated carbocycles. The van der Waals surface area contributed by atoms with Crippen molar-refractivity contribution in [3.63, 3.8) is 0 Å². The molecule has 10 aromatic carbocycles. The Balaban J connectivity index is 0.937. The van der Waals surface area contributed by atoms with Gasteiger partial charge in [0, 0.05) is 38.2 Å². The van der Waals surface area contributed by atoms with Crippen LogP contribution in [0.3, 0.4) is 0 Å². The van der Waals surface area contributed by atoms with Gasteiger partial charge in [0.2, 0.25) is 5.95 Å². The SMILES string of the molecule is Cc1cc(-c2ccc(-c3nc(-n4c5ccccc5c5cc(-c6ccc7c(c6)c6c8ccccc8ccc6n7-c6ccccc6)ccc54)nc4ccccc34)cc2)c(C)cc1-c1ccccc1. The summed E-state index contributed by atoms with van der Waals surface area (Å²) in [4.78, 5) is 10.7. The van der Waals surface area contributed by atoms with Gasteiger partial charge in [-0.2, -0.15) is 0 Å². The van der Waals surface area contributed by atoms with E-state index in [0.29, 0.717) is 5.95 Å². The van der Waals surface area contributed by atoms with Gasteiger partial charge in [-0.25, -0.2) is 9.97 Å². The van der Waals surface area contributed by atoms with Gasteiger partial charge in [0.05, 0.1) is 33.3 Å². The third kappa shape index (κ3) is 5.99. The summed E-state index contributed by atoms with van der Waals surface area (Å²) in [6.07, 6.45) is 0. The monoisotopic (exact) mass is 842 g/mol. The number of aryl methyl sites for hydroxylation is 2. The van der Waals surface area contributed by atoms with E-state index in [-0.39, 0.29) is 0 Å². The number of para-hydroxylation sites is 3. The molecule has 310 valence electrons. The van der Waals surface area contributed by atoms with E-state index in [1.165, 1.54) is 71.5 Å². The van der Waals surface area contributed by atoms with Crippen LogP contribution in [0, 0.1) is 13.8 Å². The second-order valence-electron chi connectivity index (χ2n) is 17.5. The molecule has 0 aliphatic carbocycles. The molecule has 13 aromatic rings. The van der Waals surface area contributed by atoms with Crippen LogP contribution >= 0.6 is 0 Å². The average molecular weight is 843 g/mol. The number of rotatable bonds is 6. The zero-order valence-corrected chi connectivity index (χ0v) is 36.6. The maximum atomic E-state index is 5.44. The predicted molar refractivity (Wildman–Crippen MR) is 277 cm³/mol. The molecule has 0 atom stereocenters. The fourth-order valence-electron chi connectivity index (χ4n) is 10.4. The fourth-order valence-corrected chi connectivity index (χ4v) is 10.4. The Morgan fingerprint density at radius 2 is 0.864 bits per heavy atom. The van der Waals surface area contributed by atoms with Crippen molar-refractivity contribution in [2.45, 2.75) is 13.8 Å². The van der Waals surface area contributed by atoms with Crippen molar-refractivity contribution in [2.75, 3.05) is 0 Å². The summed E-state index contributed by atoms with van der Waals surface area (Å²) in [5, 5.41) is 8.35. The minimum Gasteiger partial charge on any atom is -0.309 e. The van der Waals surface area contributed by atoms with Gasteiger partial charge < -0.3 is 4.57 Å². The molecule has 0 saturated heterocycles. The molecule has 0 N–H and O–H groups in total. The number of hydrogen-bond donors (Lipinski definition) is 0. The molecule has 4 nitrogen and oxygen atoms in total. The number of hydrogen-bond acceptors (Lipinski definition) is 2. The second kappa shape index (κ2) is 15.0. The topological polar surface area (TPSA) is 35.6 Å². The Labute approximate surface area is 382 Å². The van der Waals surface area contributed by atoms with Gasteiger partial charge in [-0.3, -0.25) is 4.57 Å². The molecule has 13 rings (SSSR count). The van der Waals surface area contributed by atoms with Crippen molar-refractivity contribution in [3.05, 3.63) is 230 Å². The summed E-state index contributed by atoms with van der Waals surface area (Å²) in [5.41, 5.74) is 18.3. The van der Waals surface area contributed by atoms with Crippen LogP contribution in [0.15, 0.2) is 218 Å². The summed E-state index contributed by atoms with van der Waals surface area (Å²) in [5.74, 6) is 0.650. The van der Waals surface area contributed by atoms with Gasteiger partial charge in [-0.05, 0) is 124 Å². The fraction of sp³-hybridized carbons (Fsp3) is 0.0323. The molecule has 66 heavy (non-hydrogen) atoms. The molecule has 0 radical (unpaired) electrons. The number of benzene rings is 10. The summed E-state index contributed by atoms with van der Waals surface area (Å²) in [6.45, 7) is 4.41. The van der Waals surface area contributed by atoms with Crippen LogP contribution in [0.25, 0.3) is 122 Å². The summed E-state index contributed by atoms with van der Waals surface area (Å²) in [6, 6.07) is 78.9. The van der Waals surface area contributed by atoms with E-state index in [1.54, 1.807) is 0 Å². The zero-order chi connectivity index (χ0) is 43.9. The standard InChI is InChI=1S/C62H42N4/c1-39-36-52(40(2)35-51(39)41-15-5-3-6-16-41)43-25-27-44(28-26-43)61-50-22-11-13-23-55(50)63-62(64-61)66-56-24-14-12-21-49(56)53-37-45(30-32-57(53)66)46-31-33-58-54(38-46)60-48-20-10-9-17-42(48)29-34-59(60)65(58)47-18-7-4-8-19-47/h3-38H,1-2H3. The van der Waals surface area contributed by atoms with Gasteiger partial charge in [-0.15, -0.1) is 0 Å². The highest BCUT2D eigenvalue weighted by Crippen LogP contribution is 2.41. The van der Waals surface area contributed by atoms with Crippen molar-refractivity contribution in [1.29, 1.82) is 0 Å². The molecule has 3 heterocycles. The van der Waals surface area contributed by atoms with E-state index >= 15 is 0 Å². The van der Waals surface area contributed by atoms with Gasteiger partial charge in [-0.1, -0.05) is 164 Å². The third-order valence-electron chi connectivity index (χ3n) is 13.6. The summed E-state index contributed by atoms with van der Waals surface area (Å²) < 4.78 is 4.64. The minimum atomic E-state index is 0.650. The van der Waals surface area contributed by atoms with Crippen LogP contribution < -0.4 is 0 Å². The van der Waals surface area contributed by atoms with Gasteiger partial charge >= 0.3 is 0 Å². The first-order valence-corrected chi connectivity index (χ1v) is 22.7. The normalized spacial score (nSPS) is 11.8. The van der Waals surface area contributed by atoms with Crippen LogP contribution in [0.4, 0.5) is 0 Å². The number of fused-ring (bicyclic) bond motifs is 9.